The summed E-state index contributed by atoms with van der Waals surface area (Å²) in [5.74, 6) is -0.671. The molecule has 0 aliphatic rings. The van der Waals surface area contributed by atoms with Crippen LogP contribution in [0.15, 0.2) is 18.2 Å². The fourth-order valence-electron chi connectivity index (χ4n) is 1.52. The van der Waals surface area contributed by atoms with Gasteiger partial charge in [-0.3, -0.25) is 4.79 Å². The molecular weight excluding hydrogens is 329 g/mol. The minimum absolute atomic E-state index is 0.292. The molecule has 0 aliphatic heterocycles. The lowest BCUT2D eigenvalue weighted by Crippen LogP contribution is -2.39. The average Bonchev–Trinajstić information content (AvgIpc) is 2.47. The molecule has 0 aliphatic carbocycles. The van der Waals surface area contributed by atoms with Gasteiger partial charge in [-0.2, -0.15) is 0 Å². The standard InChI is InChI=1S/C15H19Cl2NO4/c1-4-7-18-14(19)9(2)22-15(20)10(3)21-13-6-5-11(16)8-12(13)17/h5-6,8-10H,4,7H2,1-3H3,(H,18,19)/t9-,10-/m0/s1. The van der Waals surface area contributed by atoms with Gasteiger partial charge in [0, 0.05) is 11.6 Å². The molecule has 1 aromatic rings. The van der Waals surface area contributed by atoms with Gasteiger partial charge < -0.3 is 14.8 Å². The summed E-state index contributed by atoms with van der Waals surface area (Å²) in [4.78, 5) is 23.6. The van der Waals surface area contributed by atoms with Crippen molar-refractivity contribution in [1.29, 1.82) is 0 Å². The van der Waals surface area contributed by atoms with Crippen LogP contribution >= 0.6 is 23.2 Å². The van der Waals surface area contributed by atoms with Crippen LogP contribution in [-0.4, -0.2) is 30.6 Å². The Morgan fingerprint density at radius 3 is 2.50 bits per heavy atom. The van der Waals surface area contributed by atoms with Gasteiger partial charge in [0.1, 0.15) is 5.75 Å². The molecule has 7 heteroatoms. The van der Waals surface area contributed by atoms with Crippen molar-refractivity contribution >= 4 is 35.1 Å². The van der Waals surface area contributed by atoms with E-state index in [0.29, 0.717) is 22.3 Å². The lowest BCUT2D eigenvalue weighted by atomic mass is 10.3. The molecule has 0 unspecified atom stereocenters. The first-order valence-corrected chi connectivity index (χ1v) is 7.70. The third-order valence-corrected chi connectivity index (χ3v) is 3.27. The molecule has 22 heavy (non-hydrogen) atoms. The highest BCUT2D eigenvalue weighted by molar-refractivity contribution is 6.35. The number of rotatable bonds is 7. The summed E-state index contributed by atoms with van der Waals surface area (Å²) in [6.07, 6.45) is -0.980. The number of nitrogens with one attached hydrogen (secondary N) is 1. The summed E-state index contributed by atoms with van der Waals surface area (Å²) in [5.41, 5.74) is 0. The molecule has 122 valence electrons. The third kappa shape index (κ3) is 5.73. The van der Waals surface area contributed by atoms with Gasteiger partial charge >= 0.3 is 5.97 Å². The van der Waals surface area contributed by atoms with E-state index in [4.69, 9.17) is 32.7 Å². The first kappa shape index (κ1) is 18.6. The van der Waals surface area contributed by atoms with Crippen molar-refractivity contribution in [3.63, 3.8) is 0 Å². The number of hydrogen-bond donors (Lipinski definition) is 1. The summed E-state index contributed by atoms with van der Waals surface area (Å²) >= 11 is 11.8. The molecule has 0 spiro atoms. The molecule has 0 bridgehead atoms. The Kier molecular flexibility index (Phi) is 7.48. The number of esters is 1. The average molecular weight is 348 g/mol. The largest absolute Gasteiger partial charge is 0.477 e. The van der Waals surface area contributed by atoms with E-state index in [0.717, 1.165) is 6.42 Å². The highest BCUT2D eigenvalue weighted by Gasteiger charge is 2.23. The van der Waals surface area contributed by atoms with Crippen molar-refractivity contribution < 1.29 is 19.1 Å². The number of carbonyl (C=O) groups is 2. The zero-order valence-electron chi connectivity index (χ0n) is 12.7. The highest BCUT2D eigenvalue weighted by Crippen LogP contribution is 2.28. The maximum atomic E-state index is 11.9. The first-order chi connectivity index (χ1) is 10.3. The van der Waals surface area contributed by atoms with Gasteiger partial charge in [0.05, 0.1) is 5.02 Å². The Morgan fingerprint density at radius 2 is 1.91 bits per heavy atom. The second-order valence-electron chi connectivity index (χ2n) is 4.70. The van der Waals surface area contributed by atoms with Gasteiger partial charge in [0.15, 0.2) is 12.2 Å². The number of amides is 1. The predicted octanol–water partition coefficient (Wildman–Crippen LogP) is 3.22. The van der Waals surface area contributed by atoms with Crippen molar-refractivity contribution in [2.75, 3.05) is 6.54 Å². The third-order valence-electron chi connectivity index (χ3n) is 2.74. The van der Waals surface area contributed by atoms with E-state index in [9.17, 15) is 9.59 Å². The summed E-state index contributed by atoms with van der Waals surface area (Å²) in [6.45, 7) is 5.49. The smallest absolute Gasteiger partial charge is 0.347 e. The fraction of sp³-hybridized carbons (Fsp3) is 0.467. The maximum Gasteiger partial charge on any atom is 0.347 e. The lowest BCUT2D eigenvalue weighted by molar-refractivity contribution is -0.160. The first-order valence-electron chi connectivity index (χ1n) is 6.95. The number of ether oxygens (including phenoxy) is 2. The van der Waals surface area contributed by atoms with E-state index < -0.39 is 18.2 Å². The van der Waals surface area contributed by atoms with Crippen molar-refractivity contribution in [3.05, 3.63) is 28.2 Å². The van der Waals surface area contributed by atoms with Crippen LogP contribution in [0.2, 0.25) is 10.0 Å². The Bertz CT molecular complexity index is 536. The molecular formula is C15H19Cl2NO4. The van der Waals surface area contributed by atoms with Crippen molar-refractivity contribution in [2.45, 2.75) is 39.4 Å². The SMILES string of the molecule is CCCNC(=O)[C@H](C)OC(=O)[C@H](C)Oc1ccc(Cl)cc1Cl. The molecule has 1 aromatic carbocycles. The van der Waals surface area contributed by atoms with Crippen LogP contribution in [0.4, 0.5) is 0 Å². The molecule has 0 heterocycles. The zero-order chi connectivity index (χ0) is 16.7. The number of benzene rings is 1. The van der Waals surface area contributed by atoms with Crippen LogP contribution < -0.4 is 10.1 Å². The Hall–Kier alpha value is -1.46. The van der Waals surface area contributed by atoms with Gasteiger partial charge in [-0.15, -0.1) is 0 Å². The molecule has 0 saturated heterocycles. The molecule has 0 radical (unpaired) electrons. The quantitative estimate of drug-likeness (QED) is 0.769. The second-order valence-corrected chi connectivity index (χ2v) is 5.55. The van der Waals surface area contributed by atoms with Gasteiger partial charge in [-0.1, -0.05) is 30.1 Å². The van der Waals surface area contributed by atoms with E-state index >= 15 is 0 Å². The van der Waals surface area contributed by atoms with E-state index in [2.05, 4.69) is 5.32 Å². The van der Waals surface area contributed by atoms with Gasteiger partial charge in [-0.25, -0.2) is 4.79 Å². The van der Waals surface area contributed by atoms with Crippen molar-refractivity contribution in [2.24, 2.45) is 0 Å². The number of carbonyl (C=O) groups excluding carboxylic acids is 2. The van der Waals surface area contributed by atoms with Gasteiger partial charge in [0.25, 0.3) is 5.91 Å². The Labute approximate surface area is 139 Å². The van der Waals surface area contributed by atoms with Crippen LogP contribution in [0.1, 0.15) is 27.2 Å². The van der Waals surface area contributed by atoms with Crippen LogP contribution in [0.3, 0.4) is 0 Å². The molecule has 0 aromatic heterocycles. The molecule has 1 N–H and O–H groups in total. The minimum atomic E-state index is -0.903. The molecule has 0 saturated carbocycles. The number of hydrogen-bond acceptors (Lipinski definition) is 4. The Morgan fingerprint density at radius 1 is 1.23 bits per heavy atom. The molecule has 1 amide bonds. The van der Waals surface area contributed by atoms with E-state index in [-0.39, 0.29) is 5.91 Å². The van der Waals surface area contributed by atoms with Crippen molar-refractivity contribution in [3.8, 4) is 5.75 Å². The lowest BCUT2D eigenvalue weighted by Gasteiger charge is -2.18. The normalized spacial score (nSPS) is 13.1. The van der Waals surface area contributed by atoms with Crippen LogP contribution in [0.25, 0.3) is 0 Å². The maximum absolute atomic E-state index is 11.9. The van der Waals surface area contributed by atoms with E-state index in [1.54, 1.807) is 12.1 Å². The van der Waals surface area contributed by atoms with E-state index in [1.807, 2.05) is 6.92 Å². The minimum Gasteiger partial charge on any atom is -0.477 e. The van der Waals surface area contributed by atoms with Crippen LogP contribution in [0.5, 0.6) is 5.75 Å². The second kappa shape index (κ2) is 8.86. The molecule has 2 atom stereocenters. The summed E-state index contributed by atoms with van der Waals surface area (Å²) < 4.78 is 10.5. The predicted molar refractivity (Wildman–Crippen MR) is 85.4 cm³/mol. The summed E-state index contributed by atoms with van der Waals surface area (Å²) in [7, 11) is 0. The zero-order valence-corrected chi connectivity index (χ0v) is 14.2. The van der Waals surface area contributed by atoms with Crippen LogP contribution in [-0.2, 0) is 14.3 Å². The van der Waals surface area contributed by atoms with Gasteiger partial charge in [0.2, 0.25) is 0 Å². The summed E-state index contributed by atoms with van der Waals surface area (Å²) in [6, 6.07) is 4.67. The van der Waals surface area contributed by atoms with Gasteiger partial charge in [-0.05, 0) is 38.5 Å². The number of halogens is 2. The van der Waals surface area contributed by atoms with Crippen LogP contribution in [0, 0.1) is 0 Å². The topological polar surface area (TPSA) is 64.6 Å². The fourth-order valence-corrected chi connectivity index (χ4v) is 1.98. The molecule has 0 fully saturated rings. The Balaban J connectivity index is 2.56. The van der Waals surface area contributed by atoms with E-state index in [1.165, 1.54) is 19.9 Å². The molecule has 5 nitrogen and oxygen atoms in total. The van der Waals surface area contributed by atoms with Crippen molar-refractivity contribution in [1.82, 2.24) is 5.32 Å². The monoisotopic (exact) mass is 347 g/mol. The highest BCUT2D eigenvalue weighted by atomic mass is 35.5. The summed E-state index contributed by atoms with van der Waals surface area (Å²) in [5, 5.41) is 3.41. The molecule has 1 rings (SSSR count).